The highest BCUT2D eigenvalue weighted by atomic mass is 16.2. The highest BCUT2D eigenvalue weighted by Crippen LogP contribution is 2.38. The lowest BCUT2D eigenvalue weighted by atomic mass is 9.84. The fraction of sp³-hybridized carbons (Fsp3) is 0.846. The summed E-state index contributed by atoms with van der Waals surface area (Å²) in [5.74, 6) is 0.0592. The van der Waals surface area contributed by atoms with E-state index in [1.807, 2.05) is 0 Å². The zero-order chi connectivity index (χ0) is 13.8. The SMILES string of the molecule is CC(N)CC(=O)NCC1(C(=O)N(C)C)CCCC1. The number of nitrogens with two attached hydrogens (primary N) is 1. The van der Waals surface area contributed by atoms with Crippen LogP contribution in [0.25, 0.3) is 0 Å². The number of carbonyl (C=O) groups excluding carboxylic acids is 2. The standard InChI is InChI=1S/C13H25N3O2/c1-10(14)8-11(17)15-9-13(6-4-5-7-13)12(18)16(2)3/h10H,4-9,14H2,1-3H3,(H,15,17). The monoisotopic (exact) mass is 255 g/mol. The molecule has 104 valence electrons. The Hall–Kier alpha value is -1.10. The Morgan fingerprint density at radius 2 is 1.89 bits per heavy atom. The first-order valence-corrected chi connectivity index (χ1v) is 6.61. The van der Waals surface area contributed by atoms with Crippen LogP contribution in [0.5, 0.6) is 0 Å². The van der Waals surface area contributed by atoms with E-state index in [4.69, 9.17) is 5.73 Å². The fourth-order valence-corrected chi connectivity index (χ4v) is 2.62. The molecule has 0 aliphatic heterocycles. The molecule has 18 heavy (non-hydrogen) atoms. The summed E-state index contributed by atoms with van der Waals surface area (Å²) in [6.07, 6.45) is 4.16. The van der Waals surface area contributed by atoms with Gasteiger partial charge in [-0.25, -0.2) is 0 Å². The van der Waals surface area contributed by atoms with Gasteiger partial charge in [0.1, 0.15) is 0 Å². The second-order valence-corrected chi connectivity index (χ2v) is 5.65. The maximum absolute atomic E-state index is 12.3. The molecule has 5 heteroatoms. The molecule has 2 amide bonds. The third kappa shape index (κ3) is 3.70. The van der Waals surface area contributed by atoms with E-state index < -0.39 is 5.41 Å². The number of rotatable bonds is 5. The van der Waals surface area contributed by atoms with Crippen LogP contribution >= 0.6 is 0 Å². The highest BCUT2D eigenvalue weighted by Gasteiger charge is 2.42. The van der Waals surface area contributed by atoms with Crippen molar-refractivity contribution in [1.29, 1.82) is 0 Å². The average Bonchev–Trinajstić information content (AvgIpc) is 2.74. The zero-order valence-electron chi connectivity index (χ0n) is 11.7. The summed E-state index contributed by atoms with van der Waals surface area (Å²) in [4.78, 5) is 25.5. The lowest BCUT2D eigenvalue weighted by Crippen LogP contribution is -2.47. The summed E-state index contributed by atoms with van der Waals surface area (Å²) in [6, 6.07) is -0.144. The average molecular weight is 255 g/mol. The molecule has 1 aliphatic carbocycles. The first kappa shape index (κ1) is 15.0. The van der Waals surface area contributed by atoms with Crippen molar-refractivity contribution in [2.24, 2.45) is 11.1 Å². The van der Waals surface area contributed by atoms with Gasteiger partial charge >= 0.3 is 0 Å². The normalized spacial score (nSPS) is 19.3. The van der Waals surface area contributed by atoms with Crippen molar-refractivity contribution < 1.29 is 9.59 Å². The molecule has 0 aromatic heterocycles. The predicted molar refractivity (Wildman–Crippen MR) is 70.9 cm³/mol. The van der Waals surface area contributed by atoms with Gasteiger partial charge in [0.15, 0.2) is 0 Å². The van der Waals surface area contributed by atoms with E-state index in [-0.39, 0.29) is 17.9 Å². The lowest BCUT2D eigenvalue weighted by Gasteiger charge is -2.30. The van der Waals surface area contributed by atoms with Gasteiger partial charge in [-0.05, 0) is 19.8 Å². The van der Waals surface area contributed by atoms with Crippen LogP contribution in [0.3, 0.4) is 0 Å². The van der Waals surface area contributed by atoms with Crippen molar-refractivity contribution in [1.82, 2.24) is 10.2 Å². The molecule has 0 aromatic rings. The molecule has 0 heterocycles. The van der Waals surface area contributed by atoms with Crippen LogP contribution in [0.1, 0.15) is 39.0 Å². The first-order chi connectivity index (χ1) is 8.37. The highest BCUT2D eigenvalue weighted by molar-refractivity contribution is 5.84. The van der Waals surface area contributed by atoms with Crippen molar-refractivity contribution in [2.75, 3.05) is 20.6 Å². The van der Waals surface area contributed by atoms with Gasteiger partial charge in [0, 0.05) is 33.1 Å². The van der Waals surface area contributed by atoms with E-state index in [2.05, 4.69) is 5.32 Å². The van der Waals surface area contributed by atoms with Gasteiger partial charge in [0.2, 0.25) is 11.8 Å². The van der Waals surface area contributed by atoms with Crippen molar-refractivity contribution in [2.45, 2.75) is 45.1 Å². The Labute approximate surface area is 109 Å². The molecule has 0 radical (unpaired) electrons. The van der Waals surface area contributed by atoms with E-state index in [1.165, 1.54) is 0 Å². The first-order valence-electron chi connectivity index (χ1n) is 6.61. The van der Waals surface area contributed by atoms with Crippen LogP contribution in [0.15, 0.2) is 0 Å². The molecule has 1 rings (SSSR count). The minimum Gasteiger partial charge on any atom is -0.355 e. The Balaban J connectivity index is 2.59. The lowest BCUT2D eigenvalue weighted by molar-refractivity contribution is -0.139. The van der Waals surface area contributed by atoms with E-state index in [9.17, 15) is 9.59 Å². The predicted octanol–water partition coefficient (Wildman–Crippen LogP) is 0.488. The van der Waals surface area contributed by atoms with E-state index in [0.717, 1.165) is 25.7 Å². The van der Waals surface area contributed by atoms with Crippen LogP contribution in [0.2, 0.25) is 0 Å². The summed E-state index contributed by atoms with van der Waals surface area (Å²) in [7, 11) is 3.54. The molecule has 0 spiro atoms. The van der Waals surface area contributed by atoms with Crippen LogP contribution in [-0.2, 0) is 9.59 Å². The quantitative estimate of drug-likeness (QED) is 0.750. The molecule has 1 unspecified atom stereocenters. The topological polar surface area (TPSA) is 75.4 Å². The minimum atomic E-state index is -0.392. The van der Waals surface area contributed by atoms with Crippen LogP contribution in [0.4, 0.5) is 0 Å². The molecule has 5 nitrogen and oxygen atoms in total. The zero-order valence-corrected chi connectivity index (χ0v) is 11.7. The molecule has 0 saturated heterocycles. The fourth-order valence-electron chi connectivity index (χ4n) is 2.62. The number of carbonyl (C=O) groups is 2. The minimum absolute atomic E-state index is 0.0668. The van der Waals surface area contributed by atoms with Gasteiger partial charge in [-0.15, -0.1) is 0 Å². The van der Waals surface area contributed by atoms with Crippen molar-refractivity contribution in [3.8, 4) is 0 Å². The molecule has 1 atom stereocenters. The second kappa shape index (κ2) is 6.18. The number of amides is 2. The maximum atomic E-state index is 12.3. The van der Waals surface area contributed by atoms with Crippen molar-refractivity contribution >= 4 is 11.8 Å². The number of hydrogen-bond donors (Lipinski definition) is 2. The van der Waals surface area contributed by atoms with Gasteiger partial charge in [-0.2, -0.15) is 0 Å². The van der Waals surface area contributed by atoms with Gasteiger partial charge in [0.25, 0.3) is 0 Å². The number of nitrogens with zero attached hydrogens (tertiary/aromatic N) is 1. The Morgan fingerprint density at radius 1 is 1.33 bits per heavy atom. The molecule has 1 fully saturated rings. The summed E-state index contributed by atoms with van der Waals surface area (Å²) >= 11 is 0. The van der Waals surface area contributed by atoms with E-state index >= 15 is 0 Å². The van der Waals surface area contributed by atoms with E-state index in [0.29, 0.717) is 13.0 Å². The molecule has 0 bridgehead atoms. The van der Waals surface area contributed by atoms with Crippen LogP contribution in [-0.4, -0.2) is 43.4 Å². The largest absolute Gasteiger partial charge is 0.355 e. The molecule has 0 aromatic carbocycles. The van der Waals surface area contributed by atoms with E-state index in [1.54, 1.807) is 25.9 Å². The van der Waals surface area contributed by atoms with Gasteiger partial charge < -0.3 is 16.0 Å². The Bertz CT molecular complexity index is 307. The Kier molecular flexibility index (Phi) is 5.14. The van der Waals surface area contributed by atoms with Gasteiger partial charge in [-0.3, -0.25) is 9.59 Å². The third-order valence-electron chi connectivity index (χ3n) is 3.55. The summed E-state index contributed by atoms with van der Waals surface area (Å²) in [6.45, 7) is 2.24. The summed E-state index contributed by atoms with van der Waals surface area (Å²) in [5, 5.41) is 2.87. The second-order valence-electron chi connectivity index (χ2n) is 5.65. The molecular formula is C13H25N3O2. The smallest absolute Gasteiger partial charge is 0.230 e. The molecule has 1 aliphatic rings. The van der Waals surface area contributed by atoms with Gasteiger partial charge in [0.05, 0.1) is 5.41 Å². The van der Waals surface area contributed by atoms with Crippen LogP contribution < -0.4 is 11.1 Å². The van der Waals surface area contributed by atoms with Crippen LogP contribution in [0, 0.1) is 5.41 Å². The summed E-state index contributed by atoms with van der Waals surface area (Å²) < 4.78 is 0. The maximum Gasteiger partial charge on any atom is 0.230 e. The molecule has 1 saturated carbocycles. The third-order valence-corrected chi connectivity index (χ3v) is 3.55. The Morgan fingerprint density at radius 3 is 2.33 bits per heavy atom. The van der Waals surface area contributed by atoms with Gasteiger partial charge in [-0.1, -0.05) is 12.8 Å². The number of hydrogen-bond acceptors (Lipinski definition) is 3. The summed E-state index contributed by atoms with van der Waals surface area (Å²) in [5.41, 5.74) is 5.19. The van der Waals surface area contributed by atoms with Crippen molar-refractivity contribution in [3.05, 3.63) is 0 Å². The molecule has 3 N–H and O–H groups in total. The molecular weight excluding hydrogens is 230 g/mol. The van der Waals surface area contributed by atoms with Crippen molar-refractivity contribution in [3.63, 3.8) is 0 Å². The number of nitrogens with one attached hydrogen (secondary N) is 1.